The van der Waals surface area contributed by atoms with Crippen molar-refractivity contribution in [2.45, 2.75) is 69.2 Å². The molecule has 1 N–H and O–H groups in total. The first-order chi connectivity index (χ1) is 22.9. The highest BCUT2D eigenvalue weighted by atomic mass is 32.2. The molecule has 0 unspecified atom stereocenters. The van der Waals surface area contributed by atoms with E-state index in [2.05, 4.69) is 51.5 Å². The van der Waals surface area contributed by atoms with Crippen molar-refractivity contribution in [1.29, 1.82) is 0 Å². The molecule has 0 atom stereocenters. The van der Waals surface area contributed by atoms with Crippen molar-refractivity contribution >= 4 is 37.7 Å². The van der Waals surface area contributed by atoms with Gasteiger partial charge >= 0.3 is 0 Å². The van der Waals surface area contributed by atoms with Gasteiger partial charge in [-0.1, -0.05) is 55.7 Å². The summed E-state index contributed by atoms with van der Waals surface area (Å²) >= 11 is 0. The van der Waals surface area contributed by atoms with E-state index >= 15 is 0 Å². The maximum absolute atomic E-state index is 13.4. The molecule has 2 aliphatic rings. The monoisotopic (exact) mass is 640 g/mol. The van der Waals surface area contributed by atoms with Gasteiger partial charge in [0.05, 0.1) is 27.5 Å². The zero-order valence-corrected chi connectivity index (χ0v) is 27.2. The summed E-state index contributed by atoms with van der Waals surface area (Å²) < 4.78 is 30.6. The number of rotatable bonds is 5. The van der Waals surface area contributed by atoms with Gasteiger partial charge in [-0.2, -0.15) is 0 Å². The van der Waals surface area contributed by atoms with Crippen LogP contribution in [0.3, 0.4) is 0 Å². The molecular weight excluding hydrogens is 605 g/mol. The third-order valence-corrected chi connectivity index (χ3v) is 11.2. The van der Waals surface area contributed by atoms with Crippen LogP contribution in [0.1, 0.15) is 71.5 Å². The number of nitrogens with zero attached hydrogens (tertiary/aromatic N) is 3. The Hall–Kier alpha value is -4.82. The first-order valence-electron chi connectivity index (χ1n) is 16.5. The zero-order valence-electron chi connectivity index (χ0n) is 26.4. The highest BCUT2D eigenvalue weighted by Crippen LogP contribution is 2.47. The third kappa shape index (κ3) is 5.30. The van der Waals surface area contributed by atoms with Gasteiger partial charge in [0.25, 0.3) is 15.9 Å². The van der Waals surface area contributed by atoms with E-state index in [0.717, 1.165) is 65.6 Å². The van der Waals surface area contributed by atoms with Crippen LogP contribution in [0.5, 0.6) is 0 Å². The van der Waals surface area contributed by atoms with Crippen LogP contribution in [0.4, 0.5) is 0 Å². The van der Waals surface area contributed by atoms with Crippen LogP contribution in [0.25, 0.3) is 44.5 Å². The van der Waals surface area contributed by atoms with E-state index in [1.165, 1.54) is 59.2 Å². The Morgan fingerprint density at radius 3 is 2.47 bits per heavy atom. The molecule has 3 aromatic heterocycles. The van der Waals surface area contributed by atoms with Gasteiger partial charge in [-0.15, -0.1) is 0 Å². The number of benzene rings is 3. The molecule has 1 aliphatic carbocycles. The SMILES string of the molecule is Cc1ccnc(-c2ccc3c4c(ccc3n2)-c2c(C3CCCCC3)c3ccc(C(=O)NS(=O)(=O)c5ccccc5)cc3n2CCC4)c1. The lowest BCUT2D eigenvalue weighted by molar-refractivity contribution is 0.0981. The molecule has 8 heteroatoms. The summed E-state index contributed by atoms with van der Waals surface area (Å²) in [6, 6.07) is 26.4. The Morgan fingerprint density at radius 1 is 0.851 bits per heavy atom. The number of amides is 1. The molecule has 1 aliphatic heterocycles. The van der Waals surface area contributed by atoms with Crippen molar-refractivity contribution in [2.75, 3.05) is 0 Å². The molecule has 8 rings (SSSR count). The standard InChI is InChI=1S/C39H36N4O3S/c1-25-20-21-40-35(23-25)34-19-16-30-29-13-8-22-43-36-24-27(39(44)42-47(45,46)28-11-6-3-7-12-28)14-15-32(36)37(26-9-4-2-5-10-26)38(43)31(29)17-18-33(30)41-34/h3,6-7,11-12,14-21,23-24,26H,2,4-5,8-10,13,22H2,1H3,(H,42,44). The van der Waals surface area contributed by atoms with Gasteiger partial charge in [0.2, 0.25) is 0 Å². The number of carbonyl (C=O) groups excluding carboxylic acids is 1. The predicted molar refractivity (Wildman–Crippen MR) is 186 cm³/mol. The maximum atomic E-state index is 13.4. The average Bonchev–Trinajstić information content (AvgIpc) is 3.28. The average molecular weight is 641 g/mol. The van der Waals surface area contributed by atoms with Crippen molar-refractivity contribution < 1.29 is 13.2 Å². The molecule has 3 aromatic carbocycles. The van der Waals surface area contributed by atoms with Crippen LogP contribution in [0.15, 0.2) is 96.0 Å². The molecule has 1 amide bonds. The van der Waals surface area contributed by atoms with E-state index in [9.17, 15) is 13.2 Å². The summed E-state index contributed by atoms with van der Waals surface area (Å²) in [4.78, 5) is 23.1. The van der Waals surface area contributed by atoms with Crippen molar-refractivity contribution in [1.82, 2.24) is 19.3 Å². The molecule has 1 fully saturated rings. The number of sulfonamides is 1. The van der Waals surface area contributed by atoms with Gasteiger partial charge in [0, 0.05) is 40.2 Å². The fourth-order valence-electron chi connectivity index (χ4n) is 7.67. The fourth-order valence-corrected chi connectivity index (χ4v) is 8.67. The summed E-state index contributed by atoms with van der Waals surface area (Å²) in [5.74, 6) is -0.203. The number of hydrogen-bond acceptors (Lipinski definition) is 5. The number of nitrogens with one attached hydrogen (secondary N) is 1. The van der Waals surface area contributed by atoms with Gasteiger partial charge in [-0.25, -0.2) is 18.1 Å². The molecular formula is C39H36N4O3S. The minimum absolute atomic E-state index is 0.0613. The summed E-state index contributed by atoms with van der Waals surface area (Å²) in [7, 11) is -4.00. The number of hydrogen-bond donors (Lipinski definition) is 1. The largest absolute Gasteiger partial charge is 0.340 e. The smallest absolute Gasteiger partial charge is 0.265 e. The summed E-state index contributed by atoms with van der Waals surface area (Å²) in [5.41, 5.74) is 10.3. The lowest BCUT2D eigenvalue weighted by Crippen LogP contribution is -2.30. The van der Waals surface area contributed by atoms with Crippen molar-refractivity contribution in [3.8, 4) is 22.6 Å². The van der Waals surface area contributed by atoms with Gasteiger partial charge < -0.3 is 4.57 Å². The number of pyridine rings is 2. The second kappa shape index (κ2) is 11.8. The van der Waals surface area contributed by atoms with E-state index in [1.54, 1.807) is 24.3 Å². The number of fused-ring (bicyclic) bond motifs is 7. The zero-order chi connectivity index (χ0) is 32.1. The maximum Gasteiger partial charge on any atom is 0.265 e. The highest BCUT2D eigenvalue weighted by Gasteiger charge is 2.30. The number of aryl methyl sites for hydroxylation is 3. The van der Waals surface area contributed by atoms with E-state index in [0.29, 0.717) is 11.5 Å². The van der Waals surface area contributed by atoms with Crippen LogP contribution in [-0.2, 0) is 23.0 Å². The molecule has 236 valence electrons. The van der Waals surface area contributed by atoms with E-state index < -0.39 is 15.9 Å². The second-order valence-corrected chi connectivity index (χ2v) is 14.6. The Bertz CT molecular complexity index is 2290. The van der Waals surface area contributed by atoms with Crippen molar-refractivity contribution in [2.24, 2.45) is 0 Å². The molecule has 0 spiro atoms. The molecule has 47 heavy (non-hydrogen) atoms. The summed E-state index contributed by atoms with van der Waals surface area (Å²) in [6.07, 6.45) is 9.64. The first-order valence-corrected chi connectivity index (χ1v) is 18.0. The quantitative estimate of drug-likeness (QED) is 0.204. The fraction of sp³-hybridized carbons (Fsp3) is 0.256. The van der Waals surface area contributed by atoms with Gasteiger partial charge in [-0.3, -0.25) is 9.78 Å². The molecule has 4 heterocycles. The second-order valence-electron chi connectivity index (χ2n) is 12.9. The van der Waals surface area contributed by atoms with Crippen LogP contribution in [0, 0.1) is 6.92 Å². The lowest BCUT2D eigenvalue weighted by atomic mass is 9.81. The number of aromatic nitrogens is 3. The van der Waals surface area contributed by atoms with E-state index in [4.69, 9.17) is 4.98 Å². The van der Waals surface area contributed by atoms with E-state index in [-0.39, 0.29) is 4.90 Å². The Labute approximate surface area is 274 Å². The van der Waals surface area contributed by atoms with Gasteiger partial charge in [0.1, 0.15) is 0 Å². The minimum atomic E-state index is -4.00. The molecule has 1 saturated carbocycles. The molecule has 7 nitrogen and oxygen atoms in total. The molecule has 0 saturated heterocycles. The Balaban J connectivity index is 1.26. The third-order valence-electron chi connectivity index (χ3n) is 9.88. The molecule has 0 bridgehead atoms. The van der Waals surface area contributed by atoms with Crippen LogP contribution < -0.4 is 4.72 Å². The highest BCUT2D eigenvalue weighted by molar-refractivity contribution is 7.90. The topological polar surface area (TPSA) is 94.0 Å². The van der Waals surface area contributed by atoms with Crippen LogP contribution in [0.2, 0.25) is 0 Å². The van der Waals surface area contributed by atoms with Crippen molar-refractivity contribution in [3.05, 3.63) is 113 Å². The predicted octanol–water partition coefficient (Wildman–Crippen LogP) is 8.34. The first kappa shape index (κ1) is 29.6. The van der Waals surface area contributed by atoms with E-state index in [1.807, 2.05) is 24.4 Å². The Morgan fingerprint density at radius 2 is 1.66 bits per heavy atom. The summed E-state index contributed by atoms with van der Waals surface area (Å²) in [6.45, 7) is 2.87. The molecule has 0 radical (unpaired) electrons. The summed E-state index contributed by atoms with van der Waals surface area (Å²) in [5, 5.41) is 2.32. The minimum Gasteiger partial charge on any atom is -0.340 e. The van der Waals surface area contributed by atoms with Gasteiger partial charge in [0.15, 0.2) is 0 Å². The molecule has 6 aromatic rings. The number of carbonyl (C=O) groups is 1. The van der Waals surface area contributed by atoms with Gasteiger partial charge in [-0.05, 0) is 104 Å². The Kier molecular flexibility index (Phi) is 7.40. The normalized spacial score (nSPS) is 15.3. The van der Waals surface area contributed by atoms with Crippen LogP contribution >= 0.6 is 0 Å². The van der Waals surface area contributed by atoms with Crippen LogP contribution in [-0.4, -0.2) is 28.9 Å². The lowest BCUT2D eigenvalue weighted by Gasteiger charge is -2.24. The van der Waals surface area contributed by atoms with Crippen molar-refractivity contribution in [3.63, 3.8) is 0 Å².